The Labute approximate surface area is 130 Å². The molecule has 1 aromatic carbocycles. The Kier molecular flexibility index (Phi) is 5.77. The zero-order chi connectivity index (χ0) is 15.9. The van der Waals surface area contributed by atoms with E-state index in [1.807, 2.05) is 31.2 Å². The summed E-state index contributed by atoms with van der Waals surface area (Å²) in [6.45, 7) is 3.73. The van der Waals surface area contributed by atoms with E-state index in [1.165, 1.54) is 0 Å². The molecule has 120 valence electrons. The summed E-state index contributed by atoms with van der Waals surface area (Å²) in [6, 6.07) is 7.15. The molecule has 3 amide bonds. The number of likely N-dealkylation sites (tertiary alicyclic amines) is 1. The van der Waals surface area contributed by atoms with Crippen LogP contribution in [0.2, 0.25) is 0 Å². The van der Waals surface area contributed by atoms with E-state index in [9.17, 15) is 9.59 Å². The zero-order valence-electron chi connectivity index (χ0n) is 13.1. The van der Waals surface area contributed by atoms with E-state index in [0.717, 1.165) is 24.2 Å². The van der Waals surface area contributed by atoms with Crippen molar-refractivity contribution < 1.29 is 14.3 Å². The number of anilines is 1. The van der Waals surface area contributed by atoms with Gasteiger partial charge in [0.2, 0.25) is 5.91 Å². The summed E-state index contributed by atoms with van der Waals surface area (Å²) in [4.78, 5) is 25.4. The molecule has 2 N–H and O–H groups in total. The van der Waals surface area contributed by atoms with Crippen LogP contribution < -0.4 is 10.6 Å². The van der Waals surface area contributed by atoms with Crippen LogP contribution in [0.5, 0.6) is 0 Å². The quantitative estimate of drug-likeness (QED) is 0.844. The number of hydrogen-bond acceptors (Lipinski definition) is 3. The molecule has 2 rings (SSSR count). The minimum Gasteiger partial charge on any atom is -0.380 e. The van der Waals surface area contributed by atoms with E-state index in [0.29, 0.717) is 19.6 Å². The van der Waals surface area contributed by atoms with Crippen molar-refractivity contribution in [3.8, 4) is 0 Å². The van der Waals surface area contributed by atoms with E-state index < -0.39 is 0 Å². The summed E-state index contributed by atoms with van der Waals surface area (Å²) in [7, 11) is 1.63. The third-order valence-electron chi connectivity index (χ3n) is 3.54. The normalized spacial score (nSPS) is 15.7. The molecule has 6 heteroatoms. The monoisotopic (exact) mass is 305 g/mol. The minimum absolute atomic E-state index is 0.0933. The standard InChI is InChI=1S/C16H23N3O3/c1-12(10-19-8-4-7-15(19)20)17-16(21)18-14-6-3-5-13(9-14)11-22-2/h3,5-6,9,12H,4,7-8,10-11H2,1-2H3,(H2,17,18,21). The highest BCUT2D eigenvalue weighted by Crippen LogP contribution is 2.12. The summed E-state index contributed by atoms with van der Waals surface area (Å²) in [5.74, 6) is 0.168. The van der Waals surface area contributed by atoms with Crippen LogP contribution in [-0.2, 0) is 16.1 Å². The molecular weight excluding hydrogens is 282 g/mol. The van der Waals surface area contributed by atoms with Gasteiger partial charge in [0, 0.05) is 38.3 Å². The first kappa shape index (κ1) is 16.3. The highest BCUT2D eigenvalue weighted by Gasteiger charge is 2.22. The Balaban J connectivity index is 1.81. The van der Waals surface area contributed by atoms with E-state index in [-0.39, 0.29) is 18.0 Å². The Morgan fingerprint density at radius 1 is 1.45 bits per heavy atom. The number of ether oxygens (including phenoxy) is 1. The van der Waals surface area contributed by atoms with Crippen molar-refractivity contribution in [1.82, 2.24) is 10.2 Å². The molecule has 1 atom stereocenters. The molecular formula is C16H23N3O3. The molecule has 0 saturated carbocycles. The van der Waals surface area contributed by atoms with Crippen LogP contribution in [0.3, 0.4) is 0 Å². The molecule has 1 aliphatic rings. The van der Waals surface area contributed by atoms with Crippen molar-refractivity contribution in [2.24, 2.45) is 0 Å². The fraction of sp³-hybridized carbons (Fsp3) is 0.500. The van der Waals surface area contributed by atoms with Gasteiger partial charge in [-0.1, -0.05) is 12.1 Å². The Hall–Kier alpha value is -2.08. The van der Waals surface area contributed by atoms with Gasteiger partial charge in [0.05, 0.1) is 6.61 Å². The number of nitrogens with zero attached hydrogens (tertiary/aromatic N) is 1. The molecule has 0 bridgehead atoms. The third kappa shape index (κ3) is 4.73. The van der Waals surface area contributed by atoms with Crippen LogP contribution in [0.4, 0.5) is 10.5 Å². The van der Waals surface area contributed by atoms with Crippen molar-refractivity contribution in [2.45, 2.75) is 32.4 Å². The zero-order valence-corrected chi connectivity index (χ0v) is 13.1. The number of benzene rings is 1. The molecule has 1 unspecified atom stereocenters. The van der Waals surface area contributed by atoms with Crippen molar-refractivity contribution in [3.05, 3.63) is 29.8 Å². The second kappa shape index (κ2) is 7.79. The van der Waals surface area contributed by atoms with Gasteiger partial charge >= 0.3 is 6.03 Å². The van der Waals surface area contributed by atoms with Gasteiger partial charge in [0.15, 0.2) is 0 Å². The lowest BCUT2D eigenvalue weighted by Gasteiger charge is -2.21. The summed E-state index contributed by atoms with van der Waals surface area (Å²) in [5, 5.41) is 5.65. The average molecular weight is 305 g/mol. The predicted octanol–water partition coefficient (Wildman–Crippen LogP) is 1.97. The molecule has 1 heterocycles. The SMILES string of the molecule is COCc1cccc(NC(=O)NC(C)CN2CCCC2=O)c1. The second-order valence-electron chi connectivity index (χ2n) is 5.58. The largest absolute Gasteiger partial charge is 0.380 e. The van der Waals surface area contributed by atoms with Crippen molar-refractivity contribution in [2.75, 3.05) is 25.5 Å². The van der Waals surface area contributed by atoms with Crippen molar-refractivity contribution in [3.63, 3.8) is 0 Å². The first-order valence-corrected chi connectivity index (χ1v) is 7.51. The second-order valence-corrected chi connectivity index (χ2v) is 5.58. The summed E-state index contributed by atoms with van der Waals surface area (Å²) >= 11 is 0. The first-order valence-electron chi connectivity index (χ1n) is 7.51. The van der Waals surface area contributed by atoms with Gasteiger partial charge in [0.1, 0.15) is 0 Å². The number of amides is 3. The predicted molar refractivity (Wildman–Crippen MR) is 84.6 cm³/mol. The van der Waals surface area contributed by atoms with Crippen LogP contribution in [0.15, 0.2) is 24.3 Å². The maximum Gasteiger partial charge on any atom is 0.319 e. The number of urea groups is 1. The average Bonchev–Trinajstić information content (AvgIpc) is 2.84. The van der Waals surface area contributed by atoms with E-state index >= 15 is 0 Å². The smallest absolute Gasteiger partial charge is 0.319 e. The number of rotatable bonds is 6. The van der Waals surface area contributed by atoms with Crippen LogP contribution in [0.25, 0.3) is 0 Å². The van der Waals surface area contributed by atoms with Crippen LogP contribution in [0, 0.1) is 0 Å². The van der Waals surface area contributed by atoms with Gasteiger partial charge in [-0.2, -0.15) is 0 Å². The molecule has 0 aliphatic carbocycles. The lowest BCUT2D eigenvalue weighted by Crippen LogP contribution is -2.44. The first-order chi connectivity index (χ1) is 10.6. The lowest BCUT2D eigenvalue weighted by molar-refractivity contribution is -0.127. The van der Waals surface area contributed by atoms with E-state index in [2.05, 4.69) is 10.6 Å². The molecule has 0 radical (unpaired) electrons. The third-order valence-corrected chi connectivity index (χ3v) is 3.54. The Morgan fingerprint density at radius 3 is 2.95 bits per heavy atom. The lowest BCUT2D eigenvalue weighted by atomic mass is 10.2. The minimum atomic E-state index is -0.270. The highest BCUT2D eigenvalue weighted by molar-refractivity contribution is 5.89. The van der Waals surface area contributed by atoms with Gasteiger partial charge in [-0.3, -0.25) is 4.79 Å². The van der Waals surface area contributed by atoms with Crippen molar-refractivity contribution >= 4 is 17.6 Å². The van der Waals surface area contributed by atoms with Gasteiger partial charge in [0.25, 0.3) is 0 Å². The molecule has 1 fully saturated rings. The van der Waals surface area contributed by atoms with Crippen LogP contribution >= 0.6 is 0 Å². The van der Waals surface area contributed by atoms with Gasteiger partial charge in [-0.05, 0) is 31.0 Å². The number of carbonyl (C=O) groups excluding carboxylic acids is 2. The fourth-order valence-electron chi connectivity index (χ4n) is 2.57. The molecule has 1 saturated heterocycles. The van der Waals surface area contributed by atoms with Gasteiger partial charge in [-0.25, -0.2) is 4.79 Å². The Morgan fingerprint density at radius 2 is 2.27 bits per heavy atom. The number of hydrogen-bond donors (Lipinski definition) is 2. The van der Waals surface area contributed by atoms with Crippen molar-refractivity contribution in [1.29, 1.82) is 0 Å². The maximum absolute atomic E-state index is 12.0. The molecule has 22 heavy (non-hydrogen) atoms. The molecule has 0 aromatic heterocycles. The highest BCUT2D eigenvalue weighted by atomic mass is 16.5. The summed E-state index contributed by atoms with van der Waals surface area (Å²) in [6.07, 6.45) is 1.52. The summed E-state index contributed by atoms with van der Waals surface area (Å²) in [5.41, 5.74) is 1.72. The number of methoxy groups -OCH3 is 1. The Bertz CT molecular complexity index is 533. The molecule has 0 spiro atoms. The van der Waals surface area contributed by atoms with Gasteiger partial charge in [-0.15, -0.1) is 0 Å². The van der Waals surface area contributed by atoms with E-state index in [4.69, 9.17) is 4.74 Å². The number of carbonyl (C=O) groups is 2. The fourth-order valence-corrected chi connectivity index (χ4v) is 2.57. The maximum atomic E-state index is 12.0. The van der Waals surface area contributed by atoms with Crippen LogP contribution in [0.1, 0.15) is 25.3 Å². The molecule has 1 aliphatic heterocycles. The van der Waals surface area contributed by atoms with Gasteiger partial charge < -0.3 is 20.3 Å². The number of nitrogens with one attached hydrogen (secondary N) is 2. The summed E-state index contributed by atoms with van der Waals surface area (Å²) < 4.78 is 5.07. The molecule has 6 nitrogen and oxygen atoms in total. The van der Waals surface area contributed by atoms with Crippen LogP contribution in [-0.4, -0.2) is 43.1 Å². The topological polar surface area (TPSA) is 70.7 Å². The van der Waals surface area contributed by atoms with E-state index in [1.54, 1.807) is 12.0 Å². The molecule has 1 aromatic rings.